The summed E-state index contributed by atoms with van der Waals surface area (Å²) < 4.78 is 11.0. The number of amides is 1. The number of aromatic nitrogens is 1. The van der Waals surface area contributed by atoms with Crippen LogP contribution in [0.25, 0.3) is 0 Å². The van der Waals surface area contributed by atoms with Gasteiger partial charge in [-0.15, -0.1) is 0 Å². The number of nitrogens with zero attached hydrogens (tertiary/aromatic N) is 3. The third-order valence-electron chi connectivity index (χ3n) is 5.81. The number of hydrogen-bond donors (Lipinski definition) is 1. The van der Waals surface area contributed by atoms with Crippen molar-refractivity contribution in [3.8, 4) is 0 Å². The lowest BCUT2D eigenvalue weighted by Crippen LogP contribution is -2.41. The van der Waals surface area contributed by atoms with Crippen LogP contribution in [-0.2, 0) is 17.8 Å². The molecule has 2 aromatic rings. The molecule has 0 saturated carbocycles. The Balaban J connectivity index is 1.58. The van der Waals surface area contributed by atoms with Gasteiger partial charge in [0.15, 0.2) is 5.69 Å². The smallest absolute Gasteiger partial charge is 0.273 e. The third-order valence-corrected chi connectivity index (χ3v) is 6.18. The Bertz CT molecular complexity index is 836. The van der Waals surface area contributed by atoms with Crippen LogP contribution in [-0.4, -0.2) is 66.1 Å². The predicted octanol–water partition coefficient (Wildman–Crippen LogP) is 3.44. The van der Waals surface area contributed by atoms with E-state index >= 15 is 0 Å². The third kappa shape index (κ3) is 7.04. The number of rotatable bonds is 10. The summed E-state index contributed by atoms with van der Waals surface area (Å²) in [6.45, 7) is 12.4. The molecule has 1 fully saturated rings. The molecule has 1 unspecified atom stereocenters. The monoisotopic (exact) mass is 448 g/mol. The van der Waals surface area contributed by atoms with E-state index in [1.165, 1.54) is 6.26 Å². The summed E-state index contributed by atoms with van der Waals surface area (Å²) in [4.78, 5) is 21.4. The van der Waals surface area contributed by atoms with E-state index in [1.54, 1.807) is 0 Å². The van der Waals surface area contributed by atoms with Gasteiger partial charge in [-0.2, -0.15) is 0 Å². The summed E-state index contributed by atoms with van der Waals surface area (Å²) in [5.41, 5.74) is 1.37. The molecule has 8 heteroatoms. The summed E-state index contributed by atoms with van der Waals surface area (Å²) in [6.07, 6.45) is 1.44. The Kier molecular flexibility index (Phi) is 8.90. The highest BCUT2D eigenvalue weighted by molar-refractivity contribution is 6.31. The molecule has 1 aromatic carbocycles. The highest BCUT2D eigenvalue weighted by Gasteiger charge is 2.22. The molecular formula is C23H33ClN4O3. The molecule has 1 aliphatic heterocycles. The van der Waals surface area contributed by atoms with E-state index in [0.717, 1.165) is 43.4 Å². The normalized spacial score (nSPS) is 16.1. The Labute approximate surface area is 189 Å². The van der Waals surface area contributed by atoms with E-state index in [4.69, 9.17) is 20.8 Å². The van der Waals surface area contributed by atoms with Gasteiger partial charge in [-0.25, -0.2) is 4.98 Å². The van der Waals surface area contributed by atoms with Crippen LogP contribution >= 0.6 is 11.6 Å². The van der Waals surface area contributed by atoms with Crippen LogP contribution < -0.4 is 5.32 Å². The second-order valence-corrected chi connectivity index (χ2v) is 8.72. The minimum atomic E-state index is -0.210. The van der Waals surface area contributed by atoms with E-state index < -0.39 is 0 Å². The highest BCUT2D eigenvalue weighted by atomic mass is 35.5. The maximum atomic E-state index is 12.5. The molecule has 7 nitrogen and oxygen atoms in total. The second kappa shape index (κ2) is 11.6. The molecule has 2 heterocycles. The van der Waals surface area contributed by atoms with Crippen LogP contribution in [0.3, 0.4) is 0 Å². The lowest BCUT2D eigenvalue weighted by atomic mass is 10.0. The molecule has 3 rings (SSSR count). The number of halogens is 1. The van der Waals surface area contributed by atoms with E-state index in [2.05, 4.69) is 40.9 Å². The Morgan fingerprint density at radius 1 is 1.23 bits per heavy atom. The molecule has 1 N–H and O–H groups in total. The molecule has 1 amide bonds. The van der Waals surface area contributed by atoms with E-state index in [0.29, 0.717) is 37.1 Å². The predicted molar refractivity (Wildman–Crippen MR) is 121 cm³/mol. The fraction of sp³-hybridized carbons (Fsp3) is 0.565. The summed E-state index contributed by atoms with van der Waals surface area (Å²) in [7, 11) is 0. The lowest BCUT2D eigenvalue weighted by molar-refractivity contribution is 0.0383. The Hall–Kier alpha value is -1.93. The van der Waals surface area contributed by atoms with Gasteiger partial charge < -0.3 is 14.5 Å². The average molecular weight is 449 g/mol. The van der Waals surface area contributed by atoms with Crippen molar-refractivity contribution in [2.24, 2.45) is 5.92 Å². The van der Waals surface area contributed by atoms with Gasteiger partial charge in [-0.1, -0.05) is 43.6 Å². The number of benzene rings is 1. The average Bonchev–Trinajstić information content (AvgIpc) is 3.23. The van der Waals surface area contributed by atoms with Crippen molar-refractivity contribution < 1.29 is 13.9 Å². The van der Waals surface area contributed by atoms with Gasteiger partial charge in [0, 0.05) is 43.8 Å². The standard InChI is InChI=1S/C23H33ClN4O3/c1-17(2)18(3)28(14-19-6-4-5-7-20(19)24)15-22-26-21(16-31-22)23(29)25-8-9-27-10-12-30-13-11-27/h4-7,16-18H,8-15H2,1-3H3,(H,25,29). The Morgan fingerprint density at radius 3 is 2.68 bits per heavy atom. The number of nitrogens with one attached hydrogen (secondary N) is 1. The minimum Gasteiger partial charge on any atom is -0.447 e. The number of carbonyl (C=O) groups is 1. The summed E-state index contributed by atoms with van der Waals surface area (Å²) in [6, 6.07) is 8.14. The maximum Gasteiger partial charge on any atom is 0.273 e. The topological polar surface area (TPSA) is 70.8 Å². The SMILES string of the molecule is CC(C)C(C)N(Cc1nc(C(=O)NCCN2CCOCC2)co1)Cc1ccccc1Cl. The number of morpholine rings is 1. The van der Waals surface area contributed by atoms with Crippen molar-refractivity contribution >= 4 is 17.5 Å². The van der Waals surface area contributed by atoms with Crippen LogP contribution in [0.2, 0.25) is 5.02 Å². The van der Waals surface area contributed by atoms with E-state index in [1.807, 2.05) is 24.3 Å². The van der Waals surface area contributed by atoms with Gasteiger partial charge in [0.25, 0.3) is 5.91 Å². The van der Waals surface area contributed by atoms with Crippen LogP contribution in [0.5, 0.6) is 0 Å². The molecule has 31 heavy (non-hydrogen) atoms. The van der Waals surface area contributed by atoms with Crippen molar-refractivity contribution in [2.75, 3.05) is 39.4 Å². The summed E-state index contributed by atoms with van der Waals surface area (Å²) in [5, 5.41) is 3.67. The zero-order chi connectivity index (χ0) is 22.2. The number of carbonyl (C=O) groups excluding carboxylic acids is 1. The lowest BCUT2D eigenvalue weighted by Gasteiger charge is -2.31. The molecule has 1 aliphatic rings. The van der Waals surface area contributed by atoms with E-state index in [-0.39, 0.29) is 11.9 Å². The zero-order valence-electron chi connectivity index (χ0n) is 18.6. The molecular weight excluding hydrogens is 416 g/mol. The molecule has 1 aromatic heterocycles. The van der Waals surface area contributed by atoms with Crippen LogP contribution in [0.1, 0.15) is 42.7 Å². The summed E-state index contributed by atoms with van der Waals surface area (Å²) >= 11 is 6.38. The molecule has 1 atom stereocenters. The number of oxazole rings is 1. The fourth-order valence-corrected chi connectivity index (χ4v) is 3.71. The first kappa shape index (κ1) is 23.7. The van der Waals surface area contributed by atoms with Crippen LogP contribution in [0.4, 0.5) is 0 Å². The molecule has 1 saturated heterocycles. The van der Waals surface area contributed by atoms with Gasteiger partial charge >= 0.3 is 0 Å². The largest absolute Gasteiger partial charge is 0.447 e. The van der Waals surface area contributed by atoms with Crippen molar-refractivity contribution in [1.29, 1.82) is 0 Å². The molecule has 170 valence electrons. The molecule has 0 bridgehead atoms. The number of ether oxygens (including phenoxy) is 1. The van der Waals surface area contributed by atoms with Gasteiger partial charge in [0.1, 0.15) is 6.26 Å². The first-order chi connectivity index (χ1) is 14.9. The van der Waals surface area contributed by atoms with Gasteiger partial charge in [0.2, 0.25) is 5.89 Å². The highest BCUT2D eigenvalue weighted by Crippen LogP contribution is 2.22. The minimum absolute atomic E-state index is 0.210. The van der Waals surface area contributed by atoms with Crippen molar-refractivity contribution in [2.45, 2.75) is 39.9 Å². The maximum absolute atomic E-state index is 12.5. The van der Waals surface area contributed by atoms with Crippen LogP contribution in [0, 0.1) is 5.92 Å². The zero-order valence-corrected chi connectivity index (χ0v) is 19.4. The Morgan fingerprint density at radius 2 is 1.97 bits per heavy atom. The van der Waals surface area contributed by atoms with E-state index in [9.17, 15) is 4.79 Å². The van der Waals surface area contributed by atoms with Gasteiger partial charge in [-0.05, 0) is 24.5 Å². The molecule has 0 radical (unpaired) electrons. The fourth-order valence-electron chi connectivity index (χ4n) is 3.52. The van der Waals surface area contributed by atoms with Crippen molar-refractivity contribution in [1.82, 2.24) is 20.1 Å². The number of hydrogen-bond acceptors (Lipinski definition) is 6. The first-order valence-corrected chi connectivity index (χ1v) is 11.3. The first-order valence-electron chi connectivity index (χ1n) is 10.9. The quantitative estimate of drug-likeness (QED) is 0.600. The molecule has 0 spiro atoms. The van der Waals surface area contributed by atoms with Gasteiger partial charge in [-0.3, -0.25) is 14.6 Å². The van der Waals surface area contributed by atoms with Gasteiger partial charge in [0.05, 0.1) is 19.8 Å². The van der Waals surface area contributed by atoms with Crippen molar-refractivity contribution in [3.05, 3.63) is 52.7 Å². The summed E-state index contributed by atoms with van der Waals surface area (Å²) in [5.74, 6) is 0.760. The molecule has 0 aliphatic carbocycles. The second-order valence-electron chi connectivity index (χ2n) is 8.32. The van der Waals surface area contributed by atoms with Crippen molar-refractivity contribution in [3.63, 3.8) is 0 Å². The van der Waals surface area contributed by atoms with Crippen LogP contribution in [0.15, 0.2) is 34.9 Å².